The lowest BCUT2D eigenvalue weighted by Crippen LogP contribution is -2.30. The summed E-state index contributed by atoms with van der Waals surface area (Å²) >= 11 is 1.67. The number of hydrogen-bond acceptors (Lipinski definition) is 5. The monoisotopic (exact) mass is 445 g/mol. The molecule has 3 aromatic heterocycles. The van der Waals surface area contributed by atoms with Gasteiger partial charge < -0.3 is 15.0 Å². The van der Waals surface area contributed by atoms with E-state index in [2.05, 4.69) is 20.6 Å². The van der Waals surface area contributed by atoms with Gasteiger partial charge in [-0.05, 0) is 54.1 Å². The van der Waals surface area contributed by atoms with Crippen molar-refractivity contribution in [3.8, 4) is 0 Å². The number of fused-ring (bicyclic) bond motifs is 1. The lowest BCUT2D eigenvalue weighted by molar-refractivity contribution is -0.121. The molecule has 7 nitrogen and oxygen atoms in total. The molecule has 162 valence electrons. The van der Waals surface area contributed by atoms with Gasteiger partial charge in [-0.1, -0.05) is 6.07 Å². The van der Waals surface area contributed by atoms with E-state index in [1.54, 1.807) is 36.3 Å². The number of thioether (sulfide) groups is 1. The van der Waals surface area contributed by atoms with E-state index < -0.39 is 0 Å². The van der Waals surface area contributed by atoms with Gasteiger partial charge >= 0.3 is 0 Å². The molecule has 3 heterocycles. The highest BCUT2D eigenvalue weighted by atomic mass is 32.2. The van der Waals surface area contributed by atoms with Gasteiger partial charge in [-0.3, -0.25) is 14.6 Å². The number of nitrogens with one attached hydrogen (secondary N) is 2. The minimum atomic E-state index is -0.191. The number of benzene rings is 1. The van der Waals surface area contributed by atoms with Gasteiger partial charge in [-0.15, -0.1) is 11.8 Å². The summed E-state index contributed by atoms with van der Waals surface area (Å²) in [6.45, 7) is 0.731. The van der Waals surface area contributed by atoms with E-state index in [0.717, 1.165) is 27.6 Å². The van der Waals surface area contributed by atoms with Crippen LogP contribution >= 0.6 is 11.8 Å². The standard InChI is InChI=1S/C24H23N5O2S/c30-23(27-15-18-8-11-25-12-9-18)10-13-26-24(31)19-4-6-21(7-5-19)32-17-20-16-29-14-2-1-3-22(29)28-20/h1-9,11-12,14,16H,10,13,15,17H2,(H,26,31)(H,27,30). The number of amides is 2. The first-order chi connectivity index (χ1) is 15.7. The molecule has 2 amide bonds. The molecule has 0 atom stereocenters. The van der Waals surface area contributed by atoms with Crippen LogP contribution in [0.2, 0.25) is 0 Å². The van der Waals surface area contributed by atoms with Gasteiger partial charge in [0.05, 0.1) is 5.69 Å². The first-order valence-electron chi connectivity index (χ1n) is 10.3. The normalized spacial score (nSPS) is 10.8. The predicted octanol–water partition coefficient (Wildman–Crippen LogP) is 3.46. The van der Waals surface area contributed by atoms with Crippen LogP contribution in [0, 0.1) is 0 Å². The van der Waals surface area contributed by atoms with Gasteiger partial charge in [-0.2, -0.15) is 0 Å². The maximum atomic E-state index is 12.3. The van der Waals surface area contributed by atoms with Crippen molar-refractivity contribution in [3.05, 3.63) is 96.2 Å². The lowest BCUT2D eigenvalue weighted by atomic mass is 10.2. The van der Waals surface area contributed by atoms with Crippen LogP contribution in [-0.4, -0.2) is 32.7 Å². The predicted molar refractivity (Wildman–Crippen MR) is 124 cm³/mol. The molecule has 1 aromatic carbocycles. The van der Waals surface area contributed by atoms with Gasteiger partial charge in [0.2, 0.25) is 5.91 Å². The van der Waals surface area contributed by atoms with Crippen LogP contribution < -0.4 is 10.6 Å². The Morgan fingerprint density at radius 1 is 0.969 bits per heavy atom. The molecule has 0 bridgehead atoms. The minimum absolute atomic E-state index is 0.110. The third-order valence-corrected chi connectivity index (χ3v) is 5.84. The van der Waals surface area contributed by atoms with Crippen LogP contribution in [0.15, 0.2) is 84.3 Å². The molecule has 0 spiro atoms. The smallest absolute Gasteiger partial charge is 0.251 e. The molecule has 2 N–H and O–H groups in total. The zero-order valence-corrected chi connectivity index (χ0v) is 18.2. The fourth-order valence-electron chi connectivity index (χ4n) is 3.10. The topological polar surface area (TPSA) is 88.4 Å². The fourth-order valence-corrected chi connectivity index (χ4v) is 3.88. The Kier molecular flexibility index (Phi) is 7.14. The third kappa shape index (κ3) is 5.95. The van der Waals surface area contributed by atoms with Crippen molar-refractivity contribution in [3.63, 3.8) is 0 Å². The van der Waals surface area contributed by atoms with E-state index in [9.17, 15) is 9.59 Å². The zero-order chi connectivity index (χ0) is 22.2. The summed E-state index contributed by atoms with van der Waals surface area (Å²) in [5.41, 5.74) is 3.49. The Hall–Kier alpha value is -3.65. The van der Waals surface area contributed by atoms with E-state index in [1.165, 1.54) is 0 Å². The average molecular weight is 446 g/mol. The number of rotatable bonds is 9. The second kappa shape index (κ2) is 10.6. The molecule has 32 heavy (non-hydrogen) atoms. The zero-order valence-electron chi connectivity index (χ0n) is 17.4. The van der Waals surface area contributed by atoms with E-state index in [-0.39, 0.29) is 24.8 Å². The number of carbonyl (C=O) groups is 2. The van der Waals surface area contributed by atoms with Crippen molar-refractivity contribution in [2.45, 2.75) is 23.6 Å². The Balaban J connectivity index is 1.19. The molecule has 0 fully saturated rings. The highest BCUT2D eigenvalue weighted by Crippen LogP contribution is 2.23. The van der Waals surface area contributed by atoms with Crippen LogP contribution in [0.4, 0.5) is 0 Å². The Morgan fingerprint density at radius 3 is 2.56 bits per heavy atom. The molecule has 0 aliphatic rings. The summed E-state index contributed by atoms with van der Waals surface area (Å²) in [4.78, 5) is 33.9. The molecule has 4 aromatic rings. The maximum absolute atomic E-state index is 12.3. The van der Waals surface area contributed by atoms with Crippen molar-refractivity contribution < 1.29 is 9.59 Å². The Morgan fingerprint density at radius 2 is 1.78 bits per heavy atom. The number of hydrogen-bond donors (Lipinski definition) is 2. The van der Waals surface area contributed by atoms with Crippen LogP contribution in [0.3, 0.4) is 0 Å². The van der Waals surface area contributed by atoms with E-state index in [0.29, 0.717) is 12.1 Å². The van der Waals surface area contributed by atoms with Gasteiger partial charge in [0.1, 0.15) is 5.65 Å². The minimum Gasteiger partial charge on any atom is -0.352 e. The summed E-state index contributed by atoms with van der Waals surface area (Å²) in [6.07, 6.45) is 7.60. The summed E-state index contributed by atoms with van der Waals surface area (Å²) in [7, 11) is 0. The van der Waals surface area contributed by atoms with Crippen LogP contribution in [-0.2, 0) is 17.1 Å². The molecular formula is C24H23N5O2S. The number of nitrogens with zero attached hydrogens (tertiary/aromatic N) is 3. The molecule has 8 heteroatoms. The second-order valence-corrected chi connectivity index (χ2v) is 8.20. The Bertz CT molecular complexity index is 1160. The molecule has 0 saturated carbocycles. The molecule has 4 rings (SSSR count). The van der Waals surface area contributed by atoms with E-state index in [1.807, 2.05) is 59.3 Å². The summed E-state index contributed by atoms with van der Waals surface area (Å²) in [5, 5.41) is 5.62. The van der Waals surface area contributed by atoms with Gasteiger partial charge in [0.25, 0.3) is 5.91 Å². The quantitative estimate of drug-likeness (QED) is 0.385. The van der Waals surface area contributed by atoms with Crippen molar-refractivity contribution >= 4 is 29.2 Å². The lowest BCUT2D eigenvalue weighted by Gasteiger charge is -2.07. The molecule has 0 radical (unpaired) electrons. The highest BCUT2D eigenvalue weighted by molar-refractivity contribution is 7.98. The molecule has 0 unspecified atom stereocenters. The molecule has 0 saturated heterocycles. The van der Waals surface area contributed by atoms with E-state index in [4.69, 9.17) is 0 Å². The fraction of sp³-hybridized carbons (Fsp3) is 0.167. The summed E-state index contributed by atoms with van der Waals surface area (Å²) in [6, 6.07) is 17.1. The maximum Gasteiger partial charge on any atom is 0.251 e. The van der Waals surface area contributed by atoms with Crippen LogP contribution in [0.1, 0.15) is 28.0 Å². The number of imidazole rings is 1. The van der Waals surface area contributed by atoms with Gasteiger partial charge in [0, 0.05) is 60.5 Å². The van der Waals surface area contributed by atoms with E-state index >= 15 is 0 Å². The molecular weight excluding hydrogens is 422 g/mol. The van der Waals surface area contributed by atoms with Crippen molar-refractivity contribution in [2.75, 3.05) is 6.54 Å². The second-order valence-electron chi connectivity index (χ2n) is 7.15. The van der Waals surface area contributed by atoms with Gasteiger partial charge in [0.15, 0.2) is 0 Å². The number of pyridine rings is 2. The highest BCUT2D eigenvalue weighted by Gasteiger charge is 2.08. The van der Waals surface area contributed by atoms with Gasteiger partial charge in [-0.25, -0.2) is 4.98 Å². The van der Waals surface area contributed by atoms with Crippen molar-refractivity contribution in [1.29, 1.82) is 0 Å². The van der Waals surface area contributed by atoms with Crippen LogP contribution in [0.5, 0.6) is 0 Å². The first kappa shape index (κ1) is 21.6. The SMILES string of the molecule is O=C(CCNC(=O)c1ccc(SCc2cn3ccccc3n2)cc1)NCc1ccncc1. The third-order valence-electron chi connectivity index (χ3n) is 4.79. The molecule has 0 aliphatic carbocycles. The van der Waals surface area contributed by atoms with Crippen molar-refractivity contribution in [2.24, 2.45) is 0 Å². The van der Waals surface area contributed by atoms with Crippen molar-refractivity contribution in [1.82, 2.24) is 25.0 Å². The summed E-state index contributed by atoms with van der Waals surface area (Å²) in [5.74, 6) is 0.451. The largest absolute Gasteiger partial charge is 0.352 e. The first-order valence-corrected chi connectivity index (χ1v) is 11.3. The summed E-state index contributed by atoms with van der Waals surface area (Å²) < 4.78 is 2.00. The average Bonchev–Trinajstić information content (AvgIpc) is 3.25. The van der Waals surface area contributed by atoms with Crippen LogP contribution in [0.25, 0.3) is 5.65 Å². The number of carbonyl (C=O) groups excluding carboxylic acids is 2. The Labute approximate surface area is 190 Å². The number of aromatic nitrogens is 3. The molecule has 0 aliphatic heterocycles.